The zero-order valence-corrected chi connectivity index (χ0v) is 10.6. The summed E-state index contributed by atoms with van der Waals surface area (Å²) in [7, 11) is 3.28. The van der Waals surface area contributed by atoms with E-state index in [9.17, 15) is 0 Å². The predicted octanol–water partition coefficient (Wildman–Crippen LogP) is -3.01. The number of amidine groups is 1. The summed E-state index contributed by atoms with van der Waals surface area (Å²) in [5.74, 6) is 0.968. The first-order valence-electron chi connectivity index (χ1n) is 3.15. The van der Waals surface area contributed by atoms with Gasteiger partial charge in [-0.25, -0.2) is 4.98 Å². The van der Waals surface area contributed by atoms with Gasteiger partial charge in [0.05, 0.1) is 0 Å². The van der Waals surface area contributed by atoms with Crippen molar-refractivity contribution in [3.63, 3.8) is 0 Å². The summed E-state index contributed by atoms with van der Waals surface area (Å²) in [4.78, 5) is 7.76. The largest absolute Gasteiger partial charge is 1.00 e. The van der Waals surface area contributed by atoms with Crippen molar-refractivity contribution in [3.8, 4) is 0 Å². The standard InChI is InChI=1S/C6H10N5.K/c1-8-5(7)6-10-3-4-11(6)9-2;/h3-4H,1-2H3,(H2,7,8);/q-1;+1. The minimum absolute atomic E-state index is 0. The Labute approximate surface area is 114 Å². The summed E-state index contributed by atoms with van der Waals surface area (Å²) in [6.45, 7) is 0. The van der Waals surface area contributed by atoms with Crippen LogP contribution in [0, 0.1) is 0 Å². The van der Waals surface area contributed by atoms with Gasteiger partial charge in [0.15, 0.2) is 11.7 Å². The van der Waals surface area contributed by atoms with Crippen LogP contribution in [0.3, 0.4) is 0 Å². The molecule has 0 aliphatic heterocycles. The Bertz CT molecular complexity index is 267. The van der Waals surface area contributed by atoms with E-state index in [0.29, 0.717) is 11.7 Å². The Balaban J connectivity index is 0.00000121. The molecule has 60 valence electrons. The van der Waals surface area contributed by atoms with Crippen LogP contribution >= 0.6 is 0 Å². The molecule has 2 N–H and O–H groups in total. The first-order valence-corrected chi connectivity index (χ1v) is 3.15. The average Bonchev–Trinajstić information content (AvgIpc) is 2.50. The van der Waals surface area contributed by atoms with E-state index >= 15 is 0 Å². The van der Waals surface area contributed by atoms with Crippen LogP contribution in [-0.2, 0) is 0 Å². The molecular formula is C6H10KN5. The van der Waals surface area contributed by atoms with E-state index in [1.165, 1.54) is 0 Å². The molecule has 0 aliphatic carbocycles. The quantitative estimate of drug-likeness (QED) is 0.307. The van der Waals surface area contributed by atoms with E-state index in [1.807, 2.05) is 0 Å². The SMILES string of the molecule is CN=C(N)c1nccn1[N-]C.[K+]. The molecule has 0 atom stereocenters. The van der Waals surface area contributed by atoms with Crippen molar-refractivity contribution in [2.75, 3.05) is 14.1 Å². The number of imidazole rings is 1. The maximum Gasteiger partial charge on any atom is 1.00 e. The Kier molecular flexibility index (Phi) is 5.76. The van der Waals surface area contributed by atoms with Crippen LogP contribution in [0.1, 0.15) is 5.82 Å². The number of hydrogen-bond acceptors (Lipinski definition) is 2. The van der Waals surface area contributed by atoms with Gasteiger partial charge in [0.25, 0.3) is 0 Å². The van der Waals surface area contributed by atoms with Gasteiger partial charge >= 0.3 is 51.4 Å². The van der Waals surface area contributed by atoms with Crippen LogP contribution in [0.15, 0.2) is 17.4 Å². The summed E-state index contributed by atoms with van der Waals surface area (Å²) >= 11 is 0. The Morgan fingerprint density at radius 1 is 1.75 bits per heavy atom. The second-order valence-corrected chi connectivity index (χ2v) is 1.90. The topological polar surface area (TPSA) is 70.3 Å². The Hall–Kier alpha value is 0.116. The van der Waals surface area contributed by atoms with Gasteiger partial charge in [-0.05, 0) is 0 Å². The Morgan fingerprint density at radius 2 is 2.42 bits per heavy atom. The van der Waals surface area contributed by atoms with E-state index in [1.54, 1.807) is 31.2 Å². The third-order valence-corrected chi connectivity index (χ3v) is 1.31. The van der Waals surface area contributed by atoms with Gasteiger partial charge in [0, 0.05) is 19.4 Å². The molecule has 12 heavy (non-hydrogen) atoms. The van der Waals surface area contributed by atoms with Crippen molar-refractivity contribution in [1.82, 2.24) is 9.66 Å². The predicted molar refractivity (Wildman–Crippen MR) is 43.6 cm³/mol. The number of aliphatic imine (C=N–C) groups is 1. The monoisotopic (exact) mass is 191 g/mol. The normalized spacial score (nSPS) is 10.7. The fourth-order valence-electron chi connectivity index (χ4n) is 0.742. The fourth-order valence-corrected chi connectivity index (χ4v) is 0.742. The van der Waals surface area contributed by atoms with Crippen molar-refractivity contribution in [2.45, 2.75) is 0 Å². The van der Waals surface area contributed by atoms with E-state index in [4.69, 9.17) is 5.73 Å². The molecule has 0 fully saturated rings. The minimum atomic E-state index is 0. The van der Waals surface area contributed by atoms with Gasteiger partial charge < -0.3 is 15.8 Å². The molecular weight excluding hydrogens is 181 g/mol. The van der Waals surface area contributed by atoms with Gasteiger partial charge in [-0.1, -0.05) is 0 Å². The van der Waals surface area contributed by atoms with Crippen LogP contribution in [0.25, 0.3) is 5.43 Å². The molecule has 6 heteroatoms. The molecule has 1 heterocycles. The molecule has 1 aromatic heterocycles. The van der Waals surface area contributed by atoms with E-state index < -0.39 is 0 Å². The van der Waals surface area contributed by atoms with Crippen LogP contribution in [-0.4, -0.2) is 29.6 Å². The van der Waals surface area contributed by atoms with E-state index in [-0.39, 0.29) is 51.4 Å². The van der Waals surface area contributed by atoms with Gasteiger partial charge in [0.1, 0.15) is 0 Å². The molecule has 0 aromatic carbocycles. The zero-order valence-electron chi connectivity index (χ0n) is 7.52. The molecule has 0 saturated heterocycles. The molecule has 1 rings (SSSR count). The fraction of sp³-hybridized carbons (Fsp3) is 0.333. The summed E-state index contributed by atoms with van der Waals surface area (Å²) in [6, 6.07) is 0. The number of hydrogen-bond donors (Lipinski definition) is 1. The number of rotatable bonds is 2. The number of nitrogens with zero attached hydrogens (tertiary/aromatic N) is 4. The summed E-state index contributed by atoms with van der Waals surface area (Å²) in [6.07, 6.45) is 3.34. The second-order valence-electron chi connectivity index (χ2n) is 1.90. The molecule has 0 bridgehead atoms. The summed E-state index contributed by atoms with van der Waals surface area (Å²) in [5.41, 5.74) is 9.41. The van der Waals surface area contributed by atoms with E-state index in [0.717, 1.165) is 0 Å². The van der Waals surface area contributed by atoms with Crippen molar-refractivity contribution in [1.29, 1.82) is 0 Å². The molecule has 5 nitrogen and oxygen atoms in total. The molecule has 0 aliphatic rings. The molecule has 0 spiro atoms. The third-order valence-electron chi connectivity index (χ3n) is 1.31. The molecule has 0 saturated carbocycles. The van der Waals surface area contributed by atoms with Crippen molar-refractivity contribution in [2.24, 2.45) is 10.7 Å². The van der Waals surface area contributed by atoms with Crippen LogP contribution in [0.5, 0.6) is 0 Å². The minimum Gasteiger partial charge on any atom is -0.618 e. The number of nitrogens with two attached hydrogens (primary N) is 1. The summed E-state index contributed by atoms with van der Waals surface area (Å²) < 4.78 is 1.57. The smallest absolute Gasteiger partial charge is 0.618 e. The first-order chi connectivity index (χ1) is 5.29. The van der Waals surface area contributed by atoms with Gasteiger partial charge in [-0.2, -0.15) is 0 Å². The zero-order chi connectivity index (χ0) is 8.27. The maximum absolute atomic E-state index is 5.52. The van der Waals surface area contributed by atoms with Gasteiger partial charge in [-0.3, -0.25) is 4.99 Å². The number of aromatic nitrogens is 2. The van der Waals surface area contributed by atoms with Crippen LogP contribution in [0.2, 0.25) is 0 Å². The molecule has 1 aromatic rings. The van der Waals surface area contributed by atoms with Crippen molar-refractivity contribution in [3.05, 3.63) is 23.6 Å². The van der Waals surface area contributed by atoms with Crippen molar-refractivity contribution >= 4 is 5.84 Å². The van der Waals surface area contributed by atoms with Crippen LogP contribution in [0.4, 0.5) is 0 Å². The van der Waals surface area contributed by atoms with Crippen LogP contribution < -0.4 is 57.1 Å². The molecule has 0 unspecified atom stereocenters. The second kappa shape index (κ2) is 5.71. The van der Waals surface area contributed by atoms with Gasteiger partial charge in [-0.15, -0.1) is 7.05 Å². The summed E-state index contributed by atoms with van der Waals surface area (Å²) in [5, 5.41) is 0. The first kappa shape index (κ1) is 12.1. The average molecular weight is 191 g/mol. The van der Waals surface area contributed by atoms with Crippen molar-refractivity contribution < 1.29 is 51.4 Å². The molecule has 0 radical (unpaired) electrons. The third kappa shape index (κ3) is 2.56. The maximum atomic E-state index is 5.52. The van der Waals surface area contributed by atoms with E-state index in [2.05, 4.69) is 15.4 Å². The Morgan fingerprint density at radius 3 is 2.92 bits per heavy atom. The van der Waals surface area contributed by atoms with Gasteiger partial charge in [0.2, 0.25) is 0 Å². The molecule has 0 amide bonds.